The predicted octanol–water partition coefficient (Wildman–Crippen LogP) is 4.00. The minimum atomic E-state index is 0.308. The van der Waals surface area contributed by atoms with Gasteiger partial charge in [-0.05, 0) is 56.5 Å². The number of likely N-dealkylation sites (N-methyl/N-ethyl adjacent to an activating group) is 1. The lowest BCUT2D eigenvalue weighted by atomic mass is 9.97. The van der Waals surface area contributed by atoms with Crippen LogP contribution in [0.1, 0.15) is 49.4 Å². The molecular formula is C21H26ClN3O. The molecule has 4 heterocycles. The number of carbonyl (C=O) groups is 1. The van der Waals surface area contributed by atoms with Gasteiger partial charge in [-0.3, -0.25) is 9.69 Å². The Morgan fingerprint density at radius 3 is 2.85 bits per heavy atom. The zero-order valence-electron chi connectivity index (χ0n) is 15.4. The van der Waals surface area contributed by atoms with Gasteiger partial charge >= 0.3 is 0 Å². The van der Waals surface area contributed by atoms with Crippen molar-refractivity contribution in [2.75, 3.05) is 20.1 Å². The second-order valence-electron chi connectivity index (χ2n) is 8.13. The monoisotopic (exact) mass is 371 g/mol. The fourth-order valence-electron chi connectivity index (χ4n) is 5.41. The van der Waals surface area contributed by atoms with Crippen molar-refractivity contribution in [1.82, 2.24) is 14.4 Å². The number of aryl methyl sites for hydroxylation is 1. The highest BCUT2D eigenvalue weighted by Crippen LogP contribution is 2.47. The van der Waals surface area contributed by atoms with Crippen molar-refractivity contribution < 1.29 is 4.79 Å². The number of amides is 1. The lowest BCUT2D eigenvalue weighted by Crippen LogP contribution is -2.35. The number of halogens is 1. The van der Waals surface area contributed by atoms with E-state index in [4.69, 9.17) is 11.6 Å². The van der Waals surface area contributed by atoms with Crippen LogP contribution >= 0.6 is 11.6 Å². The summed E-state index contributed by atoms with van der Waals surface area (Å²) in [7, 11) is 2.26. The Morgan fingerprint density at radius 2 is 2.04 bits per heavy atom. The molecule has 2 fully saturated rings. The third-order valence-corrected chi connectivity index (χ3v) is 7.02. The fraction of sp³-hybridized carbons (Fsp3) is 0.571. The van der Waals surface area contributed by atoms with E-state index in [2.05, 4.69) is 28.6 Å². The van der Waals surface area contributed by atoms with Gasteiger partial charge in [0.05, 0.1) is 0 Å². The Labute approximate surface area is 159 Å². The van der Waals surface area contributed by atoms with Crippen LogP contribution in [0.25, 0.3) is 10.9 Å². The van der Waals surface area contributed by atoms with Gasteiger partial charge in [-0.2, -0.15) is 0 Å². The highest BCUT2D eigenvalue weighted by molar-refractivity contribution is 6.31. The standard InChI is InChI=1S/C21H26ClN3O/c1-23-15-5-7-18(23)21-16-12-14(22)4-6-17(16)25(19(21)13-15)11-8-20(26)24-9-2-3-10-24/h4,6,12,15,18H,2-3,5,7-11,13H2,1H3. The molecule has 26 heavy (non-hydrogen) atoms. The van der Waals surface area contributed by atoms with Crippen LogP contribution in [0.2, 0.25) is 5.02 Å². The van der Waals surface area contributed by atoms with Crippen LogP contribution < -0.4 is 0 Å². The van der Waals surface area contributed by atoms with E-state index in [9.17, 15) is 4.79 Å². The molecule has 3 aliphatic heterocycles. The van der Waals surface area contributed by atoms with E-state index < -0.39 is 0 Å². The number of aromatic nitrogens is 1. The zero-order valence-corrected chi connectivity index (χ0v) is 16.1. The normalized spacial score (nSPS) is 25.2. The number of benzene rings is 1. The van der Waals surface area contributed by atoms with Gasteiger partial charge in [0.25, 0.3) is 0 Å². The lowest BCUT2D eigenvalue weighted by Gasteiger charge is -2.32. The fourth-order valence-corrected chi connectivity index (χ4v) is 5.59. The summed E-state index contributed by atoms with van der Waals surface area (Å²) < 4.78 is 2.42. The van der Waals surface area contributed by atoms with Crippen molar-refractivity contribution in [2.24, 2.45) is 0 Å². The van der Waals surface area contributed by atoms with Crippen molar-refractivity contribution in [1.29, 1.82) is 0 Å². The molecule has 0 saturated carbocycles. The van der Waals surface area contributed by atoms with E-state index in [0.29, 0.717) is 24.4 Å². The molecule has 2 atom stereocenters. The number of likely N-dealkylation sites (tertiary alicyclic amines) is 1. The van der Waals surface area contributed by atoms with E-state index in [0.717, 1.165) is 43.9 Å². The third kappa shape index (κ3) is 2.49. The van der Waals surface area contributed by atoms with Crippen LogP contribution in [0, 0.1) is 0 Å². The van der Waals surface area contributed by atoms with Crippen LogP contribution in [0.3, 0.4) is 0 Å². The zero-order chi connectivity index (χ0) is 17.8. The summed E-state index contributed by atoms with van der Waals surface area (Å²) in [6, 6.07) is 7.39. The van der Waals surface area contributed by atoms with Crippen LogP contribution in [-0.4, -0.2) is 46.5 Å². The number of hydrogen-bond acceptors (Lipinski definition) is 2. The first-order chi connectivity index (χ1) is 12.6. The number of nitrogens with zero attached hydrogens (tertiary/aromatic N) is 3. The van der Waals surface area contributed by atoms with E-state index in [-0.39, 0.29) is 0 Å². The van der Waals surface area contributed by atoms with Crippen molar-refractivity contribution in [3.8, 4) is 0 Å². The molecule has 2 unspecified atom stereocenters. The molecule has 0 N–H and O–H groups in total. The Bertz CT molecular complexity index is 868. The molecule has 0 aliphatic carbocycles. The molecule has 5 rings (SSSR count). The molecule has 1 aromatic heterocycles. The van der Waals surface area contributed by atoms with Gasteiger partial charge in [0.2, 0.25) is 5.91 Å². The molecule has 3 aliphatic rings. The van der Waals surface area contributed by atoms with Crippen molar-refractivity contribution in [2.45, 2.75) is 57.2 Å². The van der Waals surface area contributed by atoms with Gasteiger partial charge in [0.1, 0.15) is 0 Å². The first kappa shape index (κ1) is 16.6. The van der Waals surface area contributed by atoms with Gasteiger partial charge in [0.15, 0.2) is 0 Å². The Morgan fingerprint density at radius 1 is 1.23 bits per heavy atom. The summed E-state index contributed by atoms with van der Waals surface area (Å²) in [6.07, 6.45) is 6.50. The summed E-state index contributed by atoms with van der Waals surface area (Å²) in [5.74, 6) is 0.308. The highest BCUT2D eigenvalue weighted by atomic mass is 35.5. The van der Waals surface area contributed by atoms with Crippen molar-refractivity contribution in [3.05, 3.63) is 34.5 Å². The maximum absolute atomic E-state index is 12.6. The van der Waals surface area contributed by atoms with Gasteiger partial charge in [-0.25, -0.2) is 0 Å². The van der Waals surface area contributed by atoms with E-state index >= 15 is 0 Å². The van der Waals surface area contributed by atoms with Crippen LogP contribution in [0.5, 0.6) is 0 Å². The summed E-state index contributed by atoms with van der Waals surface area (Å²) in [5, 5.41) is 2.09. The average molecular weight is 372 g/mol. The first-order valence-electron chi connectivity index (χ1n) is 9.93. The van der Waals surface area contributed by atoms with Crippen LogP contribution in [-0.2, 0) is 17.8 Å². The first-order valence-corrected chi connectivity index (χ1v) is 10.3. The maximum atomic E-state index is 12.6. The SMILES string of the molecule is CN1C2CCC1c1c(n(CCC(=O)N3CCCC3)c3ccc(Cl)cc13)C2. The Balaban J connectivity index is 1.53. The summed E-state index contributed by atoms with van der Waals surface area (Å²) in [5.41, 5.74) is 4.16. The van der Waals surface area contributed by atoms with E-state index in [1.165, 1.54) is 35.0 Å². The smallest absolute Gasteiger partial charge is 0.224 e. The summed E-state index contributed by atoms with van der Waals surface area (Å²) in [6.45, 7) is 2.66. The van der Waals surface area contributed by atoms with Gasteiger partial charge in [-0.1, -0.05) is 11.6 Å². The molecule has 4 nitrogen and oxygen atoms in total. The highest BCUT2D eigenvalue weighted by Gasteiger charge is 2.40. The van der Waals surface area contributed by atoms with Gasteiger partial charge in [0, 0.05) is 66.2 Å². The van der Waals surface area contributed by atoms with Crippen molar-refractivity contribution in [3.63, 3.8) is 0 Å². The molecule has 1 aromatic carbocycles. The molecular weight excluding hydrogens is 346 g/mol. The summed E-state index contributed by atoms with van der Waals surface area (Å²) in [4.78, 5) is 17.2. The number of carbonyl (C=O) groups excluding carboxylic acids is 1. The quantitative estimate of drug-likeness (QED) is 0.815. The van der Waals surface area contributed by atoms with Crippen LogP contribution in [0.4, 0.5) is 0 Å². The Hall–Kier alpha value is -1.52. The average Bonchev–Trinajstić information content (AvgIpc) is 3.31. The second-order valence-corrected chi connectivity index (χ2v) is 8.56. The summed E-state index contributed by atoms with van der Waals surface area (Å²) >= 11 is 6.34. The predicted molar refractivity (Wildman–Crippen MR) is 105 cm³/mol. The molecule has 5 heteroatoms. The van der Waals surface area contributed by atoms with E-state index in [1.54, 1.807) is 0 Å². The minimum absolute atomic E-state index is 0.308. The van der Waals surface area contributed by atoms with Gasteiger partial charge in [-0.15, -0.1) is 0 Å². The molecule has 0 spiro atoms. The van der Waals surface area contributed by atoms with Gasteiger partial charge < -0.3 is 9.47 Å². The topological polar surface area (TPSA) is 28.5 Å². The molecule has 2 bridgehead atoms. The molecule has 138 valence electrons. The minimum Gasteiger partial charge on any atom is -0.344 e. The molecule has 2 saturated heterocycles. The lowest BCUT2D eigenvalue weighted by molar-refractivity contribution is -0.130. The largest absolute Gasteiger partial charge is 0.344 e. The number of fused-ring (bicyclic) bond motifs is 6. The van der Waals surface area contributed by atoms with Crippen LogP contribution in [0.15, 0.2) is 18.2 Å². The second kappa shape index (κ2) is 6.28. The Kier molecular flexibility index (Phi) is 4.02. The third-order valence-electron chi connectivity index (χ3n) is 6.79. The number of rotatable bonds is 3. The molecule has 1 amide bonds. The van der Waals surface area contributed by atoms with E-state index in [1.807, 2.05) is 11.0 Å². The number of hydrogen-bond donors (Lipinski definition) is 0. The molecule has 2 aromatic rings. The maximum Gasteiger partial charge on any atom is 0.224 e. The molecule has 0 radical (unpaired) electrons. The van der Waals surface area contributed by atoms with Crippen molar-refractivity contribution >= 4 is 28.4 Å².